The molecule has 3 nitrogen and oxygen atoms in total. The van der Waals surface area contributed by atoms with Crippen molar-refractivity contribution in [3.05, 3.63) is 64.6 Å². The van der Waals surface area contributed by atoms with E-state index in [1.165, 1.54) is 0 Å². The van der Waals surface area contributed by atoms with Gasteiger partial charge in [-0.25, -0.2) is 4.98 Å². The first-order chi connectivity index (χ1) is 9.65. The zero-order valence-electron chi connectivity index (χ0n) is 11.5. The number of aryl methyl sites for hydroxylation is 2. The van der Waals surface area contributed by atoms with Gasteiger partial charge in [0.1, 0.15) is 5.65 Å². The van der Waals surface area contributed by atoms with Gasteiger partial charge in [0.25, 0.3) is 0 Å². The monoisotopic (exact) mass is 285 g/mol. The summed E-state index contributed by atoms with van der Waals surface area (Å²) in [7, 11) is 0. The average Bonchev–Trinajstić information content (AvgIpc) is 2.76. The number of aromatic nitrogens is 2. The zero-order valence-corrected chi connectivity index (χ0v) is 12.3. The van der Waals surface area contributed by atoms with E-state index in [-0.39, 0.29) is 0 Å². The number of benzene rings is 1. The van der Waals surface area contributed by atoms with Crippen LogP contribution in [-0.4, -0.2) is 9.38 Å². The van der Waals surface area contributed by atoms with Gasteiger partial charge < -0.3 is 9.72 Å². The molecule has 0 radical (unpaired) electrons. The Hall–Kier alpha value is -2.00. The fourth-order valence-corrected chi connectivity index (χ4v) is 2.45. The molecule has 3 aromatic rings. The van der Waals surface area contributed by atoms with Crippen LogP contribution in [0.4, 0.5) is 5.69 Å². The van der Waals surface area contributed by atoms with Crippen molar-refractivity contribution < 1.29 is 0 Å². The minimum absolute atomic E-state index is 0.719. The van der Waals surface area contributed by atoms with Gasteiger partial charge >= 0.3 is 0 Å². The number of hydrogen-bond donors (Lipinski definition) is 1. The van der Waals surface area contributed by atoms with Crippen molar-refractivity contribution in [2.24, 2.45) is 0 Å². The summed E-state index contributed by atoms with van der Waals surface area (Å²) in [6, 6.07) is 12.0. The maximum atomic E-state index is 6.14. The van der Waals surface area contributed by atoms with Crippen LogP contribution in [0.1, 0.15) is 17.0 Å². The van der Waals surface area contributed by atoms with Crippen molar-refractivity contribution in [2.75, 3.05) is 5.32 Å². The van der Waals surface area contributed by atoms with Crippen molar-refractivity contribution in [1.29, 1.82) is 0 Å². The van der Waals surface area contributed by atoms with Crippen LogP contribution in [0, 0.1) is 13.8 Å². The van der Waals surface area contributed by atoms with E-state index in [1.807, 2.05) is 56.4 Å². The Morgan fingerprint density at radius 2 is 2.05 bits per heavy atom. The first-order valence-corrected chi connectivity index (χ1v) is 6.95. The molecule has 2 heterocycles. The molecule has 0 spiro atoms. The number of nitrogens with one attached hydrogen (secondary N) is 1. The number of pyridine rings is 1. The van der Waals surface area contributed by atoms with Gasteiger partial charge in [0.15, 0.2) is 0 Å². The van der Waals surface area contributed by atoms with Crippen LogP contribution >= 0.6 is 11.6 Å². The quantitative estimate of drug-likeness (QED) is 0.781. The summed E-state index contributed by atoms with van der Waals surface area (Å²) in [5.41, 5.74) is 5.29. The minimum atomic E-state index is 0.719. The summed E-state index contributed by atoms with van der Waals surface area (Å²) >= 11 is 6.14. The highest BCUT2D eigenvalue weighted by molar-refractivity contribution is 6.31. The molecule has 0 aliphatic rings. The average molecular weight is 286 g/mol. The largest absolute Gasteiger partial charge is 0.379 e. The summed E-state index contributed by atoms with van der Waals surface area (Å²) in [5, 5.41) is 4.19. The number of rotatable bonds is 3. The molecular formula is C16H16ClN3. The fraction of sp³-hybridized carbons (Fsp3) is 0.188. The van der Waals surface area contributed by atoms with E-state index >= 15 is 0 Å². The summed E-state index contributed by atoms with van der Waals surface area (Å²) in [5.74, 6) is 0. The van der Waals surface area contributed by atoms with E-state index in [0.29, 0.717) is 0 Å². The third-order valence-corrected chi connectivity index (χ3v) is 3.87. The van der Waals surface area contributed by atoms with Crippen LogP contribution < -0.4 is 5.32 Å². The second-order valence-corrected chi connectivity index (χ2v) is 5.30. The Morgan fingerprint density at radius 3 is 2.85 bits per heavy atom. The Balaban J connectivity index is 1.86. The predicted molar refractivity (Wildman–Crippen MR) is 83.4 cm³/mol. The van der Waals surface area contributed by atoms with Gasteiger partial charge in [0.2, 0.25) is 0 Å². The van der Waals surface area contributed by atoms with Gasteiger partial charge in [-0.1, -0.05) is 23.7 Å². The molecule has 0 atom stereocenters. The highest BCUT2D eigenvalue weighted by Gasteiger charge is 2.07. The molecule has 0 aliphatic carbocycles. The molecule has 4 heteroatoms. The SMILES string of the molecule is Cc1ccc(NCc2c(C)nc3ccccn23)cc1Cl. The molecule has 1 N–H and O–H groups in total. The van der Waals surface area contributed by atoms with Crippen molar-refractivity contribution >= 4 is 22.9 Å². The van der Waals surface area contributed by atoms with Crippen molar-refractivity contribution in [3.8, 4) is 0 Å². The Morgan fingerprint density at radius 1 is 1.20 bits per heavy atom. The molecule has 1 aromatic carbocycles. The number of nitrogens with zero attached hydrogens (tertiary/aromatic N) is 2. The fourth-order valence-electron chi connectivity index (χ4n) is 2.27. The Kier molecular flexibility index (Phi) is 3.36. The number of fused-ring (bicyclic) bond motifs is 1. The Bertz CT molecular complexity index is 762. The van der Waals surface area contributed by atoms with Gasteiger partial charge in [0.05, 0.1) is 17.9 Å². The molecule has 0 saturated carbocycles. The van der Waals surface area contributed by atoms with Crippen molar-refractivity contribution in [3.63, 3.8) is 0 Å². The van der Waals surface area contributed by atoms with E-state index in [0.717, 1.165) is 39.9 Å². The lowest BCUT2D eigenvalue weighted by Crippen LogP contribution is -2.04. The number of imidazole rings is 1. The lowest BCUT2D eigenvalue weighted by atomic mass is 10.2. The maximum Gasteiger partial charge on any atom is 0.137 e. The van der Waals surface area contributed by atoms with Gasteiger partial charge in [-0.05, 0) is 43.7 Å². The lowest BCUT2D eigenvalue weighted by molar-refractivity contribution is 0.986. The zero-order chi connectivity index (χ0) is 14.1. The van der Waals surface area contributed by atoms with Crippen LogP contribution in [0.5, 0.6) is 0 Å². The highest BCUT2D eigenvalue weighted by atomic mass is 35.5. The van der Waals surface area contributed by atoms with Gasteiger partial charge in [-0.2, -0.15) is 0 Å². The maximum absolute atomic E-state index is 6.14. The molecule has 0 bridgehead atoms. The smallest absolute Gasteiger partial charge is 0.137 e. The van der Waals surface area contributed by atoms with E-state index in [1.54, 1.807) is 0 Å². The summed E-state index contributed by atoms with van der Waals surface area (Å²) in [6.45, 7) is 4.75. The normalized spacial score (nSPS) is 10.9. The van der Waals surface area contributed by atoms with Gasteiger partial charge in [-0.3, -0.25) is 0 Å². The molecule has 102 valence electrons. The molecule has 0 saturated heterocycles. The standard InChI is InChI=1S/C16H16ClN3/c1-11-6-7-13(9-14(11)17)18-10-15-12(2)19-16-5-3-4-8-20(15)16/h3-9,18H,10H2,1-2H3. The second-order valence-electron chi connectivity index (χ2n) is 4.89. The summed E-state index contributed by atoms with van der Waals surface area (Å²) in [6.07, 6.45) is 2.04. The van der Waals surface area contributed by atoms with Crippen molar-refractivity contribution in [1.82, 2.24) is 9.38 Å². The highest BCUT2D eigenvalue weighted by Crippen LogP contribution is 2.21. The minimum Gasteiger partial charge on any atom is -0.379 e. The molecule has 20 heavy (non-hydrogen) atoms. The lowest BCUT2D eigenvalue weighted by Gasteiger charge is -2.08. The van der Waals surface area contributed by atoms with E-state index in [4.69, 9.17) is 11.6 Å². The predicted octanol–water partition coefficient (Wildman–Crippen LogP) is 4.22. The molecular weight excluding hydrogens is 270 g/mol. The first-order valence-electron chi connectivity index (χ1n) is 6.58. The molecule has 0 aliphatic heterocycles. The number of anilines is 1. The van der Waals surface area contributed by atoms with Gasteiger partial charge in [0, 0.05) is 16.9 Å². The van der Waals surface area contributed by atoms with Gasteiger partial charge in [-0.15, -0.1) is 0 Å². The van der Waals surface area contributed by atoms with E-state index < -0.39 is 0 Å². The second kappa shape index (κ2) is 5.17. The number of halogens is 1. The summed E-state index contributed by atoms with van der Waals surface area (Å²) < 4.78 is 2.11. The van der Waals surface area contributed by atoms with E-state index in [9.17, 15) is 0 Å². The van der Waals surface area contributed by atoms with Crippen LogP contribution in [0.25, 0.3) is 5.65 Å². The Labute approximate surface area is 123 Å². The first kappa shape index (κ1) is 13.0. The summed E-state index contributed by atoms with van der Waals surface area (Å²) in [4.78, 5) is 4.55. The van der Waals surface area contributed by atoms with Crippen LogP contribution in [0.3, 0.4) is 0 Å². The molecule has 0 unspecified atom stereocenters. The van der Waals surface area contributed by atoms with Crippen LogP contribution in [-0.2, 0) is 6.54 Å². The third-order valence-electron chi connectivity index (χ3n) is 3.46. The third kappa shape index (κ3) is 2.37. The topological polar surface area (TPSA) is 29.3 Å². The van der Waals surface area contributed by atoms with Crippen molar-refractivity contribution in [2.45, 2.75) is 20.4 Å². The molecule has 2 aromatic heterocycles. The van der Waals surface area contributed by atoms with E-state index in [2.05, 4.69) is 14.7 Å². The molecule has 0 amide bonds. The van der Waals surface area contributed by atoms with Crippen LogP contribution in [0.15, 0.2) is 42.6 Å². The molecule has 0 fully saturated rings. The number of hydrogen-bond acceptors (Lipinski definition) is 2. The van der Waals surface area contributed by atoms with Crippen LogP contribution in [0.2, 0.25) is 5.02 Å². The molecule has 3 rings (SSSR count).